The summed E-state index contributed by atoms with van der Waals surface area (Å²) in [7, 11) is 1.33. The standard InChI is InChI=1S/C13H12FNO4/c1-18-10-8(14)5-6-3-2-4-7(6)9(10)11-12(16)15-13(17)19-11/h5,11H,2-4H2,1H3,(H,15,16,17). The van der Waals surface area contributed by atoms with Gasteiger partial charge in [-0.3, -0.25) is 10.1 Å². The zero-order valence-corrected chi connectivity index (χ0v) is 10.3. The van der Waals surface area contributed by atoms with Crippen LogP contribution in [0.15, 0.2) is 6.07 Å². The number of ether oxygens (including phenoxy) is 2. The third kappa shape index (κ3) is 1.75. The van der Waals surface area contributed by atoms with Gasteiger partial charge in [0.25, 0.3) is 5.91 Å². The highest BCUT2D eigenvalue weighted by molar-refractivity contribution is 6.01. The Hall–Kier alpha value is -2.11. The fourth-order valence-electron chi connectivity index (χ4n) is 2.75. The van der Waals surface area contributed by atoms with E-state index < -0.39 is 23.9 Å². The summed E-state index contributed by atoms with van der Waals surface area (Å²) in [5.41, 5.74) is 2.05. The summed E-state index contributed by atoms with van der Waals surface area (Å²) in [6.45, 7) is 0. The van der Waals surface area contributed by atoms with Gasteiger partial charge in [-0.25, -0.2) is 9.18 Å². The third-order valence-electron chi connectivity index (χ3n) is 3.50. The number of fused-ring (bicyclic) bond motifs is 1. The highest BCUT2D eigenvalue weighted by atomic mass is 19.1. The van der Waals surface area contributed by atoms with E-state index >= 15 is 0 Å². The number of rotatable bonds is 2. The Bertz CT molecular complexity index is 581. The Labute approximate surface area is 108 Å². The molecule has 2 amide bonds. The maximum absolute atomic E-state index is 14.0. The average Bonchev–Trinajstić information content (AvgIpc) is 2.93. The molecule has 1 aromatic carbocycles. The number of benzene rings is 1. The van der Waals surface area contributed by atoms with Crippen LogP contribution >= 0.6 is 0 Å². The first-order chi connectivity index (χ1) is 9.11. The second kappa shape index (κ2) is 4.22. The summed E-state index contributed by atoms with van der Waals surface area (Å²) in [5.74, 6) is -1.13. The topological polar surface area (TPSA) is 64.6 Å². The molecule has 19 heavy (non-hydrogen) atoms. The Morgan fingerprint density at radius 1 is 1.42 bits per heavy atom. The number of aryl methyl sites for hydroxylation is 1. The summed E-state index contributed by atoms with van der Waals surface area (Å²) < 4.78 is 24.0. The molecule has 3 rings (SSSR count). The first-order valence-electron chi connectivity index (χ1n) is 6.01. The largest absolute Gasteiger partial charge is 0.493 e. The van der Waals surface area contributed by atoms with Crippen LogP contribution in [0.1, 0.15) is 29.2 Å². The maximum Gasteiger partial charge on any atom is 0.415 e. The van der Waals surface area contributed by atoms with Gasteiger partial charge in [0.15, 0.2) is 11.6 Å². The Kier molecular flexibility index (Phi) is 2.66. The number of alkyl carbamates (subject to hydrolysis) is 1. The lowest BCUT2D eigenvalue weighted by Crippen LogP contribution is -2.21. The van der Waals surface area contributed by atoms with Gasteiger partial charge in [0.05, 0.1) is 12.7 Å². The third-order valence-corrected chi connectivity index (χ3v) is 3.50. The molecule has 1 saturated heterocycles. The van der Waals surface area contributed by atoms with Crippen molar-refractivity contribution in [3.8, 4) is 5.75 Å². The van der Waals surface area contributed by atoms with Gasteiger partial charge in [-0.15, -0.1) is 0 Å². The number of methoxy groups -OCH3 is 1. The molecule has 0 bridgehead atoms. The summed E-state index contributed by atoms with van der Waals surface area (Å²) in [6.07, 6.45) is 0.434. The van der Waals surface area contributed by atoms with Crippen molar-refractivity contribution < 1.29 is 23.5 Å². The van der Waals surface area contributed by atoms with Crippen molar-refractivity contribution >= 4 is 12.0 Å². The van der Waals surface area contributed by atoms with Crippen LogP contribution in [0.25, 0.3) is 0 Å². The molecule has 0 aromatic heterocycles. The first-order valence-corrected chi connectivity index (χ1v) is 6.01. The first kappa shape index (κ1) is 12.0. The molecule has 5 nitrogen and oxygen atoms in total. The molecule has 0 radical (unpaired) electrons. The second-order valence-corrected chi connectivity index (χ2v) is 4.57. The summed E-state index contributed by atoms with van der Waals surface area (Å²) in [4.78, 5) is 22.9. The monoisotopic (exact) mass is 265 g/mol. The number of cyclic esters (lactones) is 1. The number of hydrogen-bond donors (Lipinski definition) is 1. The zero-order chi connectivity index (χ0) is 13.6. The van der Waals surface area contributed by atoms with E-state index in [0.29, 0.717) is 5.56 Å². The van der Waals surface area contributed by atoms with E-state index in [2.05, 4.69) is 0 Å². The highest BCUT2D eigenvalue weighted by Crippen LogP contribution is 2.40. The van der Waals surface area contributed by atoms with Gasteiger partial charge in [-0.1, -0.05) is 0 Å². The second-order valence-electron chi connectivity index (χ2n) is 4.57. The Balaban J connectivity index is 2.19. The fraction of sp³-hybridized carbons (Fsp3) is 0.385. The van der Waals surface area contributed by atoms with Crippen molar-refractivity contribution in [2.75, 3.05) is 7.11 Å². The normalized spacial score (nSPS) is 21.1. The molecule has 6 heteroatoms. The molecule has 0 spiro atoms. The van der Waals surface area contributed by atoms with Gasteiger partial charge in [0.1, 0.15) is 0 Å². The average molecular weight is 265 g/mol. The molecule has 1 atom stereocenters. The lowest BCUT2D eigenvalue weighted by Gasteiger charge is -2.17. The molecular weight excluding hydrogens is 253 g/mol. The van der Waals surface area contributed by atoms with Crippen LogP contribution in [0.4, 0.5) is 9.18 Å². The lowest BCUT2D eigenvalue weighted by atomic mass is 9.97. The molecule has 1 unspecified atom stereocenters. The predicted molar refractivity (Wildman–Crippen MR) is 62.3 cm³/mol. The number of nitrogens with one attached hydrogen (secondary N) is 1. The van der Waals surface area contributed by atoms with Crippen molar-refractivity contribution in [2.45, 2.75) is 25.4 Å². The fourth-order valence-corrected chi connectivity index (χ4v) is 2.75. The summed E-state index contributed by atoms with van der Waals surface area (Å²) in [5, 5.41) is 2.05. The molecule has 1 aliphatic carbocycles. The van der Waals surface area contributed by atoms with Crippen LogP contribution in [-0.4, -0.2) is 19.1 Å². The molecule has 2 aliphatic rings. The van der Waals surface area contributed by atoms with Crippen molar-refractivity contribution in [3.05, 3.63) is 28.6 Å². The minimum absolute atomic E-state index is 0.0181. The van der Waals surface area contributed by atoms with E-state index in [1.54, 1.807) is 0 Å². The zero-order valence-electron chi connectivity index (χ0n) is 10.3. The molecule has 0 saturated carbocycles. The van der Waals surface area contributed by atoms with Crippen molar-refractivity contribution in [1.82, 2.24) is 5.32 Å². The van der Waals surface area contributed by atoms with Gasteiger partial charge in [0.2, 0.25) is 6.10 Å². The predicted octanol–water partition coefficient (Wildman–Crippen LogP) is 1.63. The molecule has 100 valence electrons. The number of carbonyl (C=O) groups excluding carboxylic acids is 2. The molecule has 1 aliphatic heterocycles. The van der Waals surface area contributed by atoms with Gasteiger partial charge in [-0.05, 0) is 36.5 Å². The van der Waals surface area contributed by atoms with Crippen LogP contribution in [-0.2, 0) is 22.4 Å². The number of carbonyl (C=O) groups is 2. The number of hydrogen-bond acceptors (Lipinski definition) is 4. The number of halogens is 1. The van der Waals surface area contributed by atoms with E-state index in [-0.39, 0.29) is 5.75 Å². The quantitative estimate of drug-likeness (QED) is 0.882. The highest BCUT2D eigenvalue weighted by Gasteiger charge is 2.39. The van der Waals surface area contributed by atoms with Gasteiger partial charge < -0.3 is 9.47 Å². The summed E-state index contributed by atoms with van der Waals surface area (Å²) >= 11 is 0. The summed E-state index contributed by atoms with van der Waals surface area (Å²) in [6, 6.07) is 1.43. The van der Waals surface area contributed by atoms with Gasteiger partial charge in [-0.2, -0.15) is 0 Å². The van der Waals surface area contributed by atoms with Crippen LogP contribution in [0.2, 0.25) is 0 Å². The van der Waals surface area contributed by atoms with Crippen LogP contribution in [0.5, 0.6) is 5.75 Å². The van der Waals surface area contributed by atoms with Gasteiger partial charge in [0, 0.05) is 0 Å². The maximum atomic E-state index is 14.0. The van der Waals surface area contributed by atoms with E-state index in [4.69, 9.17) is 9.47 Å². The van der Waals surface area contributed by atoms with Crippen LogP contribution in [0, 0.1) is 5.82 Å². The van der Waals surface area contributed by atoms with Gasteiger partial charge >= 0.3 is 6.09 Å². The molecular formula is C13H12FNO4. The van der Waals surface area contributed by atoms with E-state index in [1.165, 1.54) is 13.2 Å². The smallest absolute Gasteiger partial charge is 0.415 e. The van der Waals surface area contributed by atoms with Crippen LogP contribution in [0.3, 0.4) is 0 Å². The van der Waals surface area contributed by atoms with Crippen LogP contribution < -0.4 is 10.1 Å². The SMILES string of the molecule is COc1c(F)cc2c(c1C1OC(=O)NC1=O)CCC2. The van der Waals surface area contributed by atoms with E-state index in [9.17, 15) is 14.0 Å². The molecule has 1 heterocycles. The van der Waals surface area contributed by atoms with Crippen molar-refractivity contribution in [3.63, 3.8) is 0 Å². The lowest BCUT2D eigenvalue weighted by molar-refractivity contribution is -0.123. The van der Waals surface area contributed by atoms with Crippen molar-refractivity contribution in [2.24, 2.45) is 0 Å². The Morgan fingerprint density at radius 3 is 2.84 bits per heavy atom. The number of imide groups is 1. The minimum Gasteiger partial charge on any atom is -0.493 e. The molecule has 1 N–H and O–H groups in total. The minimum atomic E-state index is -1.12. The van der Waals surface area contributed by atoms with Crippen molar-refractivity contribution in [1.29, 1.82) is 0 Å². The number of amides is 2. The molecule has 1 aromatic rings. The Morgan fingerprint density at radius 2 is 2.21 bits per heavy atom. The van der Waals surface area contributed by atoms with E-state index in [1.807, 2.05) is 5.32 Å². The molecule has 1 fully saturated rings. The van der Waals surface area contributed by atoms with E-state index in [0.717, 1.165) is 30.4 Å².